The Morgan fingerprint density at radius 3 is 2.58 bits per heavy atom. The van der Waals surface area contributed by atoms with Crippen LogP contribution in [0.15, 0.2) is 77.7 Å². The van der Waals surface area contributed by atoms with Gasteiger partial charge in [-0.05, 0) is 54.1 Å². The van der Waals surface area contributed by atoms with E-state index in [-0.39, 0.29) is 36.5 Å². The van der Waals surface area contributed by atoms with Crippen LogP contribution in [0, 0.1) is 5.82 Å². The zero-order valence-corrected chi connectivity index (χ0v) is 19.2. The minimum absolute atomic E-state index is 0.138. The monoisotopic (exact) mass is 488 g/mol. The van der Waals surface area contributed by atoms with Crippen molar-refractivity contribution in [2.24, 2.45) is 7.05 Å². The van der Waals surface area contributed by atoms with Crippen LogP contribution in [0.3, 0.4) is 0 Å². The lowest BCUT2D eigenvalue weighted by molar-refractivity contribution is 0.0951. The van der Waals surface area contributed by atoms with Gasteiger partial charge in [0.15, 0.2) is 22.9 Å². The minimum atomic E-state index is -0.394. The highest BCUT2D eigenvalue weighted by Crippen LogP contribution is 2.37. The lowest BCUT2D eigenvalue weighted by Gasteiger charge is -2.14. The number of nitrogens with one attached hydrogen (secondary N) is 2. The Morgan fingerprint density at radius 1 is 1.06 bits per heavy atom. The number of amides is 1. The molecule has 0 fully saturated rings. The molecule has 5 rings (SSSR count). The number of fused-ring (bicyclic) bond motifs is 1. The summed E-state index contributed by atoms with van der Waals surface area (Å²) < 4.78 is 30.8. The van der Waals surface area contributed by atoms with Gasteiger partial charge >= 0.3 is 0 Å². The molecule has 0 bridgehead atoms. The Kier molecular flexibility index (Phi) is 6.23. The maximum atomic E-state index is 13.0. The summed E-state index contributed by atoms with van der Waals surface area (Å²) in [4.78, 5) is 25.3. The van der Waals surface area contributed by atoms with Crippen molar-refractivity contribution in [1.29, 1.82) is 0 Å². The van der Waals surface area contributed by atoms with E-state index in [9.17, 15) is 14.0 Å². The number of hydrogen-bond donors (Lipinski definition) is 2. The Morgan fingerprint density at radius 2 is 1.81 bits per heavy atom. The van der Waals surface area contributed by atoms with Crippen LogP contribution in [-0.2, 0) is 13.6 Å². The molecule has 0 unspecified atom stereocenters. The summed E-state index contributed by atoms with van der Waals surface area (Å²) >= 11 is 0. The molecule has 1 aliphatic heterocycles. The van der Waals surface area contributed by atoms with E-state index in [4.69, 9.17) is 14.2 Å². The Bertz CT molecular complexity index is 1470. The van der Waals surface area contributed by atoms with Crippen molar-refractivity contribution < 1.29 is 23.4 Å². The highest BCUT2D eigenvalue weighted by atomic mass is 19.1. The number of benzene rings is 3. The number of rotatable bonds is 7. The Hall–Kier alpha value is -4.86. The molecule has 10 heteroatoms. The first-order valence-electron chi connectivity index (χ1n) is 11.0. The van der Waals surface area contributed by atoms with Crippen LogP contribution < -0.4 is 30.4 Å². The Labute approximate surface area is 205 Å². The van der Waals surface area contributed by atoms with Crippen molar-refractivity contribution in [3.05, 3.63) is 100 Å². The van der Waals surface area contributed by atoms with Crippen molar-refractivity contribution in [2.75, 3.05) is 12.1 Å². The normalized spacial score (nSPS) is 11.7. The molecule has 4 aromatic rings. The first-order valence-corrected chi connectivity index (χ1v) is 11.0. The fourth-order valence-electron chi connectivity index (χ4n) is 3.52. The van der Waals surface area contributed by atoms with E-state index in [0.29, 0.717) is 28.5 Å². The van der Waals surface area contributed by atoms with Gasteiger partial charge in [-0.3, -0.25) is 9.59 Å². The number of halogens is 1. The number of aromatic nitrogens is 2. The molecule has 1 amide bonds. The van der Waals surface area contributed by atoms with Crippen LogP contribution >= 0.6 is 0 Å². The second kappa shape index (κ2) is 9.79. The smallest absolute Gasteiger partial charge is 0.294 e. The molecule has 0 spiro atoms. The van der Waals surface area contributed by atoms with Crippen LogP contribution in [0.5, 0.6) is 23.0 Å². The predicted octanol–water partition coefficient (Wildman–Crippen LogP) is 4.11. The van der Waals surface area contributed by atoms with E-state index in [1.165, 1.54) is 30.1 Å². The first-order chi connectivity index (χ1) is 17.5. The van der Waals surface area contributed by atoms with E-state index >= 15 is 0 Å². The second-order valence-electron chi connectivity index (χ2n) is 7.94. The zero-order chi connectivity index (χ0) is 25.1. The van der Waals surface area contributed by atoms with Crippen molar-refractivity contribution >= 4 is 17.3 Å². The molecule has 2 N–H and O–H groups in total. The lowest BCUT2D eigenvalue weighted by atomic mass is 10.1. The van der Waals surface area contributed by atoms with Gasteiger partial charge in [0.25, 0.3) is 11.5 Å². The van der Waals surface area contributed by atoms with Crippen LogP contribution in [0.1, 0.15) is 15.9 Å². The molecule has 9 nitrogen and oxygen atoms in total. The van der Waals surface area contributed by atoms with E-state index in [1.54, 1.807) is 54.6 Å². The highest BCUT2D eigenvalue weighted by Gasteiger charge is 2.17. The van der Waals surface area contributed by atoms with Crippen molar-refractivity contribution in [1.82, 2.24) is 15.1 Å². The second-order valence-corrected chi connectivity index (χ2v) is 7.94. The van der Waals surface area contributed by atoms with Gasteiger partial charge in [-0.1, -0.05) is 12.1 Å². The minimum Gasteiger partial charge on any atom is -0.454 e. The van der Waals surface area contributed by atoms with Crippen LogP contribution in [0.25, 0.3) is 0 Å². The van der Waals surface area contributed by atoms with Gasteiger partial charge in [0.1, 0.15) is 11.6 Å². The van der Waals surface area contributed by atoms with Crippen LogP contribution in [-0.4, -0.2) is 22.5 Å². The summed E-state index contributed by atoms with van der Waals surface area (Å²) in [5.74, 6) is 1.22. The summed E-state index contributed by atoms with van der Waals surface area (Å²) in [5, 5.41) is 9.90. The number of aryl methyl sites for hydroxylation is 1. The number of carbonyl (C=O) groups excluding carboxylic acids is 1. The summed E-state index contributed by atoms with van der Waals surface area (Å²) in [6, 6.07) is 17.6. The molecule has 0 aliphatic carbocycles. The molecule has 0 saturated heterocycles. The fraction of sp³-hybridized carbons (Fsp3) is 0.115. The SMILES string of the molecule is Cn1ncc(Oc2ccc3c(c2)OCO3)c(Nc2ccc(C(=O)NCc3ccc(F)cc3)cc2)c1=O. The van der Waals surface area contributed by atoms with Gasteiger partial charge in [-0.15, -0.1) is 0 Å². The molecule has 0 atom stereocenters. The van der Waals surface area contributed by atoms with Crippen LogP contribution in [0.2, 0.25) is 0 Å². The molecule has 182 valence electrons. The van der Waals surface area contributed by atoms with E-state index in [0.717, 1.165) is 5.56 Å². The number of anilines is 2. The maximum Gasteiger partial charge on any atom is 0.294 e. The third-order valence-electron chi connectivity index (χ3n) is 5.46. The fourth-order valence-corrected chi connectivity index (χ4v) is 3.52. The molecule has 0 saturated carbocycles. The largest absolute Gasteiger partial charge is 0.454 e. The van der Waals surface area contributed by atoms with Crippen molar-refractivity contribution in [3.63, 3.8) is 0 Å². The number of nitrogens with zero attached hydrogens (tertiary/aromatic N) is 2. The summed E-state index contributed by atoms with van der Waals surface area (Å²) in [6.45, 7) is 0.409. The molecular weight excluding hydrogens is 467 g/mol. The van der Waals surface area contributed by atoms with Gasteiger partial charge in [-0.25, -0.2) is 9.07 Å². The average molecular weight is 488 g/mol. The highest BCUT2D eigenvalue weighted by molar-refractivity contribution is 5.94. The van der Waals surface area contributed by atoms with Gasteiger partial charge in [0.2, 0.25) is 6.79 Å². The molecule has 36 heavy (non-hydrogen) atoms. The van der Waals surface area contributed by atoms with E-state index in [2.05, 4.69) is 15.7 Å². The topological polar surface area (TPSA) is 104 Å². The zero-order valence-electron chi connectivity index (χ0n) is 19.2. The molecule has 1 aromatic heterocycles. The van der Waals surface area contributed by atoms with Crippen molar-refractivity contribution in [3.8, 4) is 23.0 Å². The van der Waals surface area contributed by atoms with Gasteiger partial charge < -0.3 is 24.8 Å². The number of hydrogen-bond acceptors (Lipinski definition) is 7. The predicted molar refractivity (Wildman–Crippen MR) is 129 cm³/mol. The van der Waals surface area contributed by atoms with Gasteiger partial charge in [-0.2, -0.15) is 5.10 Å². The van der Waals surface area contributed by atoms with Gasteiger partial charge in [0.05, 0.1) is 6.20 Å². The maximum absolute atomic E-state index is 13.0. The molecular formula is C26H21FN4O5. The van der Waals surface area contributed by atoms with Crippen LogP contribution in [0.4, 0.5) is 15.8 Å². The Balaban J connectivity index is 1.30. The molecule has 3 aromatic carbocycles. The standard InChI is InChI=1S/C26H21FN4O5/c1-31-26(33)24(23(14-29-31)36-20-10-11-21-22(12-20)35-15-34-21)30-19-8-4-17(5-9-19)25(32)28-13-16-2-6-18(27)7-3-16/h2-12,14,30H,13,15H2,1H3,(H,28,32). The van der Waals surface area contributed by atoms with Gasteiger partial charge in [0, 0.05) is 30.9 Å². The third-order valence-corrected chi connectivity index (χ3v) is 5.46. The summed E-state index contributed by atoms with van der Waals surface area (Å²) in [6.07, 6.45) is 1.44. The molecule has 2 heterocycles. The third kappa shape index (κ3) is 4.97. The van der Waals surface area contributed by atoms with E-state index in [1.807, 2.05) is 0 Å². The molecule has 0 radical (unpaired) electrons. The quantitative estimate of drug-likeness (QED) is 0.403. The van der Waals surface area contributed by atoms with Crippen molar-refractivity contribution in [2.45, 2.75) is 6.54 Å². The molecule has 1 aliphatic rings. The average Bonchev–Trinajstić information content (AvgIpc) is 3.36. The first kappa shape index (κ1) is 22.9. The summed E-state index contributed by atoms with van der Waals surface area (Å²) in [5.41, 5.74) is 1.57. The summed E-state index contributed by atoms with van der Waals surface area (Å²) in [7, 11) is 1.53. The number of ether oxygens (including phenoxy) is 3. The number of carbonyl (C=O) groups is 1. The van der Waals surface area contributed by atoms with E-state index < -0.39 is 5.56 Å². The lowest BCUT2D eigenvalue weighted by Crippen LogP contribution is -2.23.